The highest BCUT2D eigenvalue weighted by atomic mass is 31.2. The van der Waals surface area contributed by atoms with Gasteiger partial charge in [0.2, 0.25) is 0 Å². The van der Waals surface area contributed by atoms with Crippen molar-refractivity contribution in [2.24, 2.45) is 0 Å². The van der Waals surface area contributed by atoms with Crippen LogP contribution in [0, 0.1) is 0 Å². The minimum absolute atomic E-state index is 0.151. The van der Waals surface area contributed by atoms with Crippen LogP contribution in [0.15, 0.2) is 94.7 Å². The molecular weight excluding hydrogens is 423 g/mol. The number of hydrogen-bond acceptors (Lipinski definition) is 7. The number of phosphoric acid groups is 1. The summed E-state index contributed by atoms with van der Waals surface area (Å²) in [4.78, 5) is 25.3. The molecule has 0 aliphatic carbocycles. The van der Waals surface area contributed by atoms with Gasteiger partial charge in [0.1, 0.15) is 17.6 Å². The second kappa shape index (κ2) is 9.18. The lowest BCUT2D eigenvalue weighted by molar-refractivity contribution is -0.00944. The van der Waals surface area contributed by atoms with Gasteiger partial charge in [-0.25, -0.2) is 9.36 Å². The number of phosphoric ester groups is 1. The first-order valence-corrected chi connectivity index (χ1v) is 10.9. The first kappa shape index (κ1) is 20.9. The third kappa shape index (κ3) is 5.40. The Balaban J connectivity index is 1.45. The molecule has 2 atom stereocenters. The topological polar surface area (TPSA) is 109 Å². The summed E-state index contributed by atoms with van der Waals surface area (Å²) in [6, 6.07) is 18.3. The maximum absolute atomic E-state index is 13.3. The summed E-state index contributed by atoms with van der Waals surface area (Å²) in [6.45, 7) is -0.151. The van der Waals surface area contributed by atoms with Gasteiger partial charge in [0.25, 0.3) is 5.56 Å². The number of para-hydroxylation sites is 2. The van der Waals surface area contributed by atoms with Crippen LogP contribution in [0.1, 0.15) is 6.23 Å². The molecule has 0 saturated carbocycles. The molecule has 0 bridgehead atoms. The lowest BCUT2D eigenvalue weighted by Crippen LogP contribution is -2.32. The molecule has 0 spiro atoms. The van der Waals surface area contributed by atoms with E-state index in [1.807, 2.05) is 0 Å². The highest BCUT2D eigenvalue weighted by Gasteiger charge is 2.33. The molecule has 1 aliphatic rings. The number of hydrogen-bond donors (Lipinski definition) is 1. The molecule has 10 heteroatoms. The molecule has 160 valence electrons. The highest BCUT2D eigenvalue weighted by molar-refractivity contribution is 7.49. The lowest BCUT2D eigenvalue weighted by atomic mass is 10.3. The van der Waals surface area contributed by atoms with Crippen LogP contribution in [0.5, 0.6) is 11.5 Å². The van der Waals surface area contributed by atoms with Gasteiger partial charge in [0.15, 0.2) is 6.23 Å². The molecule has 0 fully saturated rings. The average Bonchev–Trinajstić information content (AvgIpc) is 3.22. The number of nitrogens with zero attached hydrogens (tertiary/aromatic N) is 1. The first-order chi connectivity index (χ1) is 15.0. The monoisotopic (exact) mass is 442 g/mol. The smallest absolute Gasteiger partial charge is 0.395 e. The van der Waals surface area contributed by atoms with E-state index in [9.17, 15) is 14.2 Å². The molecule has 3 aromatic rings. The molecule has 2 aromatic carbocycles. The van der Waals surface area contributed by atoms with Gasteiger partial charge < -0.3 is 13.8 Å². The predicted octanol–water partition coefficient (Wildman–Crippen LogP) is 3.27. The Labute approximate surface area is 177 Å². The zero-order valence-electron chi connectivity index (χ0n) is 16.2. The van der Waals surface area contributed by atoms with Gasteiger partial charge in [-0.3, -0.25) is 18.9 Å². The normalized spacial score (nSPS) is 18.1. The van der Waals surface area contributed by atoms with Crippen LogP contribution in [0.2, 0.25) is 0 Å². The summed E-state index contributed by atoms with van der Waals surface area (Å²) in [5, 5.41) is 0. The quantitative estimate of drug-likeness (QED) is 0.421. The second-order valence-electron chi connectivity index (χ2n) is 6.52. The molecule has 1 aliphatic heterocycles. The molecule has 4 rings (SSSR count). The minimum Gasteiger partial charge on any atom is -0.395 e. The zero-order valence-corrected chi connectivity index (χ0v) is 17.1. The van der Waals surface area contributed by atoms with Gasteiger partial charge in [-0.1, -0.05) is 42.5 Å². The van der Waals surface area contributed by atoms with Crippen LogP contribution in [0.25, 0.3) is 0 Å². The third-order valence-electron chi connectivity index (χ3n) is 4.25. The van der Waals surface area contributed by atoms with E-state index in [1.165, 1.54) is 16.8 Å². The van der Waals surface area contributed by atoms with Crippen LogP contribution in [0.3, 0.4) is 0 Å². The Morgan fingerprint density at radius 1 is 0.903 bits per heavy atom. The van der Waals surface area contributed by atoms with Crippen molar-refractivity contribution >= 4 is 7.82 Å². The molecule has 1 aromatic heterocycles. The molecule has 0 saturated heterocycles. The summed E-state index contributed by atoms with van der Waals surface area (Å²) in [5.41, 5.74) is -1.10. The molecular formula is C21H19N2O7P. The molecule has 1 N–H and O–H groups in total. The fourth-order valence-electron chi connectivity index (χ4n) is 2.83. The summed E-state index contributed by atoms with van der Waals surface area (Å²) in [6.07, 6.45) is 3.28. The molecule has 9 nitrogen and oxygen atoms in total. The number of aromatic nitrogens is 2. The van der Waals surface area contributed by atoms with E-state index in [4.69, 9.17) is 18.3 Å². The van der Waals surface area contributed by atoms with Crippen molar-refractivity contribution in [3.63, 3.8) is 0 Å². The van der Waals surface area contributed by atoms with E-state index in [1.54, 1.807) is 72.8 Å². The number of aromatic amines is 1. The molecule has 0 unspecified atom stereocenters. The average molecular weight is 442 g/mol. The van der Waals surface area contributed by atoms with Gasteiger partial charge in [0.05, 0.1) is 6.61 Å². The number of ether oxygens (including phenoxy) is 1. The molecule has 31 heavy (non-hydrogen) atoms. The summed E-state index contributed by atoms with van der Waals surface area (Å²) < 4.78 is 36.9. The zero-order chi connectivity index (χ0) is 21.7. The van der Waals surface area contributed by atoms with Crippen LogP contribution < -0.4 is 20.3 Å². The number of H-pyrrole nitrogens is 1. The van der Waals surface area contributed by atoms with Crippen molar-refractivity contribution in [1.82, 2.24) is 9.55 Å². The van der Waals surface area contributed by atoms with Gasteiger partial charge in [-0.05, 0) is 30.3 Å². The van der Waals surface area contributed by atoms with Crippen LogP contribution >= 0.6 is 7.82 Å². The largest absolute Gasteiger partial charge is 0.587 e. The summed E-state index contributed by atoms with van der Waals surface area (Å²) >= 11 is 0. The van der Waals surface area contributed by atoms with Crippen LogP contribution in [-0.2, 0) is 13.8 Å². The first-order valence-electron chi connectivity index (χ1n) is 9.40. The SMILES string of the molecule is O=c1ccn([C@H]2C=C[C@@H](COP(=O)(Oc3ccccc3)Oc3ccccc3)O2)c(=O)[nH]1. The van der Waals surface area contributed by atoms with Gasteiger partial charge in [-0.2, -0.15) is 0 Å². The summed E-state index contributed by atoms with van der Waals surface area (Å²) in [7, 11) is -4.05. The van der Waals surface area contributed by atoms with E-state index in [-0.39, 0.29) is 6.61 Å². The van der Waals surface area contributed by atoms with E-state index in [0.29, 0.717) is 11.5 Å². The number of nitrogens with one attached hydrogen (secondary N) is 1. The van der Waals surface area contributed by atoms with E-state index < -0.39 is 31.4 Å². The lowest BCUT2D eigenvalue weighted by Gasteiger charge is -2.21. The maximum atomic E-state index is 13.3. The van der Waals surface area contributed by atoms with Gasteiger partial charge in [0, 0.05) is 12.3 Å². The van der Waals surface area contributed by atoms with Crippen molar-refractivity contribution in [1.29, 1.82) is 0 Å². The Kier molecular flexibility index (Phi) is 6.18. The Morgan fingerprint density at radius 2 is 1.52 bits per heavy atom. The minimum atomic E-state index is -4.05. The molecule has 2 heterocycles. The van der Waals surface area contributed by atoms with Crippen molar-refractivity contribution in [3.8, 4) is 11.5 Å². The standard InChI is InChI=1S/C21H19N2O7P/c24-19-13-14-23(21(25)22-19)20-12-11-18(28-20)15-27-31(26,29-16-7-3-1-4-8-16)30-17-9-5-2-6-10-17/h1-14,18,20H,15H2,(H,22,24,25)/t18-,20+/m0/s1. The fraction of sp³-hybridized carbons (Fsp3) is 0.143. The highest BCUT2D eigenvalue weighted by Crippen LogP contribution is 2.49. The van der Waals surface area contributed by atoms with E-state index >= 15 is 0 Å². The van der Waals surface area contributed by atoms with Crippen LogP contribution in [-0.4, -0.2) is 22.3 Å². The van der Waals surface area contributed by atoms with Gasteiger partial charge in [-0.15, -0.1) is 0 Å². The number of benzene rings is 2. The predicted molar refractivity (Wildman–Crippen MR) is 112 cm³/mol. The Hall–Kier alpha value is -3.39. The van der Waals surface area contributed by atoms with Crippen molar-refractivity contribution in [2.45, 2.75) is 12.3 Å². The Morgan fingerprint density at radius 3 is 2.10 bits per heavy atom. The van der Waals surface area contributed by atoms with E-state index in [2.05, 4.69) is 4.98 Å². The Bertz CT molecular complexity index is 1160. The van der Waals surface area contributed by atoms with Crippen molar-refractivity contribution in [3.05, 3.63) is 106 Å². The van der Waals surface area contributed by atoms with Crippen molar-refractivity contribution < 1.29 is 22.9 Å². The third-order valence-corrected chi connectivity index (χ3v) is 5.58. The summed E-state index contributed by atoms with van der Waals surface area (Å²) in [5.74, 6) is 0.643. The van der Waals surface area contributed by atoms with Crippen LogP contribution in [0.4, 0.5) is 0 Å². The molecule has 0 radical (unpaired) electrons. The molecule has 0 amide bonds. The van der Waals surface area contributed by atoms with Crippen molar-refractivity contribution in [2.75, 3.05) is 6.61 Å². The van der Waals surface area contributed by atoms with Gasteiger partial charge >= 0.3 is 13.5 Å². The number of rotatable bonds is 8. The fourth-order valence-corrected chi connectivity index (χ4v) is 4.06. The van der Waals surface area contributed by atoms with E-state index in [0.717, 1.165) is 0 Å². The maximum Gasteiger partial charge on any atom is 0.587 e. The second-order valence-corrected chi connectivity index (χ2v) is 8.04.